The summed E-state index contributed by atoms with van der Waals surface area (Å²) in [6.07, 6.45) is 1.28. The minimum Gasteiger partial charge on any atom is -0.502 e. The smallest absolute Gasteiger partial charge is 0.278 e. The standard InChI is InChI=1S/C21H20F4N4O4/c1-10-3-4-21(2,25)29-9-27(10)20(33)16-18(31)17(30)13(8-28(16)29)19(32)26-7-12-14(23)5-11(22)6-15(12)24/h5-6,8,10,31H,3-4,7,9H2,1-2H3,(H,26,32). The predicted octanol–water partition coefficient (Wildman–Crippen LogP) is 2.12. The van der Waals surface area contributed by atoms with Crippen molar-refractivity contribution in [3.05, 3.63) is 62.8 Å². The fraction of sp³-hybridized carbons (Fsp3) is 0.381. The molecule has 0 radical (unpaired) electrons. The highest BCUT2D eigenvalue weighted by molar-refractivity contribution is 5.99. The van der Waals surface area contributed by atoms with Gasteiger partial charge in [0.2, 0.25) is 5.43 Å². The first-order valence-electron chi connectivity index (χ1n) is 10.1. The van der Waals surface area contributed by atoms with E-state index < -0.39 is 69.6 Å². The van der Waals surface area contributed by atoms with E-state index in [0.29, 0.717) is 18.6 Å². The molecule has 3 heterocycles. The van der Waals surface area contributed by atoms with Crippen LogP contribution in [0.3, 0.4) is 0 Å². The van der Waals surface area contributed by atoms with Crippen LogP contribution in [0.15, 0.2) is 23.1 Å². The van der Waals surface area contributed by atoms with Crippen LogP contribution in [0, 0.1) is 17.5 Å². The van der Waals surface area contributed by atoms with Crippen molar-refractivity contribution in [2.24, 2.45) is 0 Å². The Kier molecular flexibility index (Phi) is 5.33. The Labute approximate surface area is 185 Å². The van der Waals surface area contributed by atoms with Crippen molar-refractivity contribution in [3.63, 3.8) is 0 Å². The molecule has 1 fully saturated rings. The lowest BCUT2D eigenvalue weighted by Gasteiger charge is -2.43. The Bertz CT molecular complexity index is 1210. The lowest BCUT2D eigenvalue weighted by Crippen LogP contribution is -2.60. The van der Waals surface area contributed by atoms with Gasteiger partial charge in [-0.1, -0.05) is 0 Å². The zero-order valence-electron chi connectivity index (χ0n) is 17.7. The van der Waals surface area contributed by atoms with Gasteiger partial charge in [-0.15, -0.1) is 0 Å². The van der Waals surface area contributed by atoms with E-state index in [1.54, 1.807) is 6.92 Å². The van der Waals surface area contributed by atoms with Crippen molar-refractivity contribution < 1.29 is 32.3 Å². The summed E-state index contributed by atoms with van der Waals surface area (Å²) in [7, 11) is 0. The fourth-order valence-corrected chi connectivity index (χ4v) is 4.03. The Hall–Kier alpha value is -3.57. The molecule has 12 heteroatoms. The topological polar surface area (TPSA) is 94.9 Å². The van der Waals surface area contributed by atoms with Gasteiger partial charge in [0, 0.05) is 42.9 Å². The van der Waals surface area contributed by atoms with Gasteiger partial charge in [-0.2, -0.15) is 0 Å². The Morgan fingerprint density at radius 2 is 1.88 bits per heavy atom. The van der Waals surface area contributed by atoms with Gasteiger partial charge in [0.1, 0.15) is 29.7 Å². The number of benzene rings is 1. The van der Waals surface area contributed by atoms with Crippen molar-refractivity contribution in [1.82, 2.24) is 14.9 Å². The van der Waals surface area contributed by atoms with Gasteiger partial charge in [0.05, 0.1) is 0 Å². The molecule has 2 unspecified atom stereocenters. The van der Waals surface area contributed by atoms with Gasteiger partial charge in [-0.25, -0.2) is 17.6 Å². The molecule has 2 N–H and O–H groups in total. The average Bonchev–Trinajstić information content (AvgIpc) is 2.83. The summed E-state index contributed by atoms with van der Waals surface area (Å²) in [4.78, 5) is 39.5. The Morgan fingerprint density at radius 1 is 1.24 bits per heavy atom. The average molecular weight is 468 g/mol. The van der Waals surface area contributed by atoms with Crippen LogP contribution in [0.1, 0.15) is 53.1 Å². The zero-order valence-corrected chi connectivity index (χ0v) is 17.7. The highest BCUT2D eigenvalue weighted by Crippen LogP contribution is 2.34. The summed E-state index contributed by atoms with van der Waals surface area (Å²) in [6, 6.07) is 0.512. The second kappa shape index (κ2) is 7.78. The third-order valence-corrected chi connectivity index (χ3v) is 6.04. The largest absolute Gasteiger partial charge is 0.502 e. The maximum absolute atomic E-state index is 15.4. The molecule has 176 valence electrons. The molecule has 2 aliphatic rings. The molecule has 2 atom stereocenters. The van der Waals surface area contributed by atoms with Crippen molar-refractivity contribution in [1.29, 1.82) is 0 Å². The van der Waals surface area contributed by atoms with E-state index in [4.69, 9.17) is 0 Å². The lowest BCUT2D eigenvalue weighted by molar-refractivity contribution is 0.0570. The van der Waals surface area contributed by atoms with Gasteiger partial charge >= 0.3 is 0 Å². The van der Waals surface area contributed by atoms with E-state index in [1.807, 2.05) is 0 Å². The third-order valence-electron chi connectivity index (χ3n) is 6.04. The first-order chi connectivity index (χ1) is 15.4. The van der Waals surface area contributed by atoms with Crippen molar-refractivity contribution in [3.8, 4) is 5.75 Å². The number of alkyl halides is 1. The number of aromatic nitrogens is 1. The van der Waals surface area contributed by atoms with Gasteiger partial charge < -0.3 is 15.3 Å². The number of nitrogens with one attached hydrogen (secondary N) is 1. The number of hydrogen-bond donors (Lipinski definition) is 2. The second-order valence-electron chi connectivity index (χ2n) is 8.29. The van der Waals surface area contributed by atoms with Crippen LogP contribution in [-0.2, 0) is 6.54 Å². The van der Waals surface area contributed by atoms with Crippen LogP contribution >= 0.6 is 0 Å². The zero-order chi connectivity index (χ0) is 24.2. The molecule has 1 aromatic heterocycles. The van der Waals surface area contributed by atoms with Crippen LogP contribution in [0.2, 0.25) is 0 Å². The molecule has 1 aromatic carbocycles. The molecule has 2 aliphatic heterocycles. The van der Waals surface area contributed by atoms with Crippen LogP contribution < -0.4 is 15.8 Å². The van der Waals surface area contributed by atoms with Crippen LogP contribution in [0.25, 0.3) is 0 Å². The number of pyridine rings is 1. The number of halogens is 4. The first kappa shape index (κ1) is 22.6. The number of aromatic hydroxyl groups is 1. The van der Waals surface area contributed by atoms with Gasteiger partial charge in [0.25, 0.3) is 11.8 Å². The van der Waals surface area contributed by atoms with E-state index in [1.165, 1.54) is 11.8 Å². The number of nitrogens with zero attached hydrogens (tertiary/aromatic N) is 3. The first-order valence-corrected chi connectivity index (χ1v) is 10.1. The second-order valence-corrected chi connectivity index (χ2v) is 8.29. The maximum Gasteiger partial charge on any atom is 0.278 e. The van der Waals surface area contributed by atoms with Gasteiger partial charge in [-0.05, 0) is 20.3 Å². The molecule has 0 aliphatic carbocycles. The van der Waals surface area contributed by atoms with Gasteiger partial charge in [-0.3, -0.25) is 24.1 Å². The minimum absolute atomic E-state index is 0.0366. The summed E-state index contributed by atoms with van der Waals surface area (Å²) >= 11 is 0. The third kappa shape index (κ3) is 3.68. The summed E-state index contributed by atoms with van der Waals surface area (Å²) in [5, 5.41) is 13.7. The quantitative estimate of drug-likeness (QED) is 0.532. The van der Waals surface area contributed by atoms with Crippen LogP contribution in [-0.4, -0.2) is 45.0 Å². The molecular weight excluding hydrogens is 448 g/mol. The van der Waals surface area contributed by atoms with E-state index in [-0.39, 0.29) is 19.1 Å². The minimum atomic E-state index is -1.98. The highest BCUT2D eigenvalue weighted by atomic mass is 19.2. The van der Waals surface area contributed by atoms with Crippen molar-refractivity contribution in [2.45, 2.75) is 45.1 Å². The normalized spacial score (nSPS) is 22.1. The number of hydrogen-bond acceptors (Lipinski definition) is 5. The molecule has 1 saturated heterocycles. The Balaban J connectivity index is 1.73. The summed E-state index contributed by atoms with van der Waals surface area (Å²) in [5.41, 5.74) is -3.01. The number of fused-ring (bicyclic) bond motifs is 4. The van der Waals surface area contributed by atoms with E-state index >= 15 is 4.39 Å². The number of carbonyl (C=O) groups is 2. The monoisotopic (exact) mass is 468 g/mol. The van der Waals surface area contributed by atoms with Crippen molar-refractivity contribution >= 4 is 11.8 Å². The lowest BCUT2D eigenvalue weighted by atomic mass is 10.1. The summed E-state index contributed by atoms with van der Waals surface area (Å²) < 4.78 is 57.1. The SMILES string of the molecule is CC1CCC(C)(F)N2CN1C(=O)c1c(O)c(=O)c(C(=O)NCc3c(F)cc(F)cc3F)cn12. The molecular formula is C21H20F4N4O4. The fourth-order valence-electron chi connectivity index (χ4n) is 4.03. The Morgan fingerprint density at radius 3 is 2.52 bits per heavy atom. The van der Waals surface area contributed by atoms with Crippen LogP contribution in [0.5, 0.6) is 5.75 Å². The summed E-state index contributed by atoms with van der Waals surface area (Å²) in [5.74, 6) is -8.48. The predicted molar refractivity (Wildman–Crippen MR) is 107 cm³/mol. The molecule has 33 heavy (non-hydrogen) atoms. The van der Waals surface area contributed by atoms with Gasteiger partial charge in [0.15, 0.2) is 17.2 Å². The molecule has 2 amide bonds. The molecule has 4 rings (SSSR count). The van der Waals surface area contributed by atoms with E-state index in [9.17, 15) is 32.7 Å². The summed E-state index contributed by atoms with van der Waals surface area (Å²) in [6.45, 7) is 2.08. The molecule has 2 aromatic rings. The maximum atomic E-state index is 15.4. The van der Waals surface area contributed by atoms with E-state index in [0.717, 1.165) is 15.9 Å². The molecule has 0 saturated carbocycles. The number of carbonyl (C=O) groups excluding carboxylic acids is 2. The molecule has 0 spiro atoms. The van der Waals surface area contributed by atoms with E-state index in [2.05, 4.69) is 5.32 Å². The highest BCUT2D eigenvalue weighted by Gasteiger charge is 2.46. The number of amides is 2. The number of rotatable bonds is 3. The molecule has 2 bridgehead atoms. The van der Waals surface area contributed by atoms with Crippen LogP contribution in [0.4, 0.5) is 17.6 Å². The molecule has 8 nitrogen and oxygen atoms in total. The van der Waals surface area contributed by atoms with Crippen molar-refractivity contribution in [2.75, 3.05) is 11.7 Å².